The number of aryl methyl sites for hydroxylation is 1. The summed E-state index contributed by atoms with van der Waals surface area (Å²) < 4.78 is 4.82. The maximum Gasteiger partial charge on any atom is 0.245 e. The quantitative estimate of drug-likeness (QED) is 0.836. The van der Waals surface area contributed by atoms with Gasteiger partial charge in [-0.05, 0) is 13.3 Å². The van der Waals surface area contributed by atoms with Crippen LogP contribution in [0.25, 0.3) is 0 Å². The summed E-state index contributed by atoms with van der Waals surface area (Å²) in [6.07, 6.45) is 0.674. The van der Waals surface area contributed by atoms with Crippen LogP contribution in [0.15, 0.2) is 10.6 Å². The summed E-state index contributed by atoms with van der Waals surface area (Å²) in [5, 5.41) is 6.19. The van der Waals surface area contributed by atoms with Crippen molar-refractivity contribution in [2.75, 3.05) is 18.9 Å². The zero-order chi connectivity index (χ0) is 13.7. The van der Waals surface area contributed by atoms with Gasteiger partial charge in [-0.3, -0.25) is 9.59 Å². The number of aromatic nitrogens is 1. The fraction of sp³-hybridized carbons (Fsp3) is 0.545. The van der Waals surface area contributed by atoms with E-state index in [0.29, 0.717) is 18.0 Å². The van der Waals surface area contributed by atoms with Crippen LogP contribution in [-0.4, -0.2) is 40.3 Å². The molecular formula is C11H16BrN3O3. The number of amides is 2. The molecule has 1 heterocycles. The van der Waals surface area contributed by atoms with Gasteiger partial charge in [0.05, 0.1) is 11.4 Å². The van der Waals surface area contributed by atoms with Gasteiger partial charge in [0.1, 0.15) is 5.76 Å². The molecular weight excluding hydrogens is 302 g/mol. The topological polar surface area (TPSA) is 75.4 Å². The molecule has 0 bridgehead atoms. The lowest BCUT2D eigenvalue weighted by Gasteiger charge is -2.18. The Morgan fingerprint density at radius 1 is 1.61 bits per heavy atom. The highest BCUT2D eigenvalue weighted by Crippen LogP contribution is 2.09. The highest BCUT2D eigenvalue weighted by molar-refractivity contribution is 9.10. The van der Waals surface area contributed by atoms with Crippen LogP contribution in [0.2, 0.25) is 0 Å². The van der Waals surface area contributed by atoms with Crippen molar-refractivity contribution in [1.29, 1.82) is 0 Å². The fourth-order valence-electron chi connectivity index (χ4n) is 1.31. The lowest BCUT2D eigenvalue weighted by Crippen LogP contribution is -2.38. The number of likely N-dealkylation sites (N-methyl/N-ethyl adjacent to an activating group) is 1. The first kappa shape index (κ1) is 14.7. The monoisotopic (exact) mass is 317 g/mol. The number of rotatable bonds is 5. The van der Waals surface area contributed by atoms with Crippen LogP contribution in [0.4, 0.5) is 5.82 Å². The van der Waals surface area contributed by atoms with E-state index in [1.54, 1.807) is 20.0 Å². The molecule has 0 aromatic carbocycles. The smallest absolute Gasteiger partial charge is 0.245 e. The minimum absolute atomic E-state index is 0.0210. The van der Waals surface area contributed by atoms with Crippen molar-refractivity contribution in [3.63, 3.8) is 0 Å². The number of hydrogen-bond acceptors (Lipinski definition) is 4. The van der Waals surface area contributed by atoms with Gasteiger partial charge in [0, 0.05) is 13.1 Å². The molecule has 18 heavy (non-hydrogen) atoms. The molecule has 0 spiro atoms. The first-order valence-corrected chi connectivity index (χ1v) is 6.47. The van der Waals surface area contributed by atoms with Gasteiger partial charge >= 0.3 is 0 Å². The van der Waals surface area contributed by atoms with Crippen molar-refractivity contribution in [3.8, 4) is 0 Å². The molecule has 1 rings (SSSR count). The highest BCUT2D eigenvalue weighted by atomic mass is 79.9. The van der Waals surface area contributed by atoms with E-state index >= 15 is 0 Å². The summed E-state index contributed by atoms with van der Waals surface area (Å²) in [6.45, 7) is 3.60. The second-order valence-corrected chi connectivity index (χ2v) is 5.05. The molecule has 0 fully saturated rings. The van der Waals surface area contributed by atoms with Crippen molar-refractivity contribution < 1.29 is 14.1 Å². The highest BCUT2D eigenvalue weighted by Gasteiger charge is 2.19. The van der Waals surface area contributed by atoms with Gasteiger partial charge in [-0.25, -0.2) is 0 Å². The van der Waals surface area contributed by atoms with Crippen molar-refractivity contribution in [1.82, 2.24) is 10.1 Å². The van der Waals surface area contributed by atoms with E-state index < -0.39 is 0 Å². The molecule has 1 aromatic rings. The van der Waals surface area contributed by atoms with Crippen molar-refractivity contribution in [2.45, 2.75) is 25.1 Å². The standard InChI is InChI=1S/C11H16BrN3O3/c1-4-8(12)11(17)15(3)6-10(16)13-9-5-7(2)18-14-9/h5,8H,4,6H2,1-3H3,(H,13,14,16). The van der Waals surface area contributed by atoms with Crippen LogP contribution < -0.4 is 5.32 Å². The lowest BCUT2D eigenvalue weighted by molar-refractivity contribution is -0.132. The number of alkyl halides is 1. The number of anilines is 1. The first-order chi connectivity index (χ1) is 8.43. The van der Waals surface area contributed by atoms with E-state index in [-0.39, 0.29) is 23.2 Å². The third-order valence-electron chi connectivity index (χ3n) is 2.28. The molecule has 1 aromatic heterocycles. The van der Waals surface area contributed by atoms with E-state index in [1.165, 1.54) is 4.90 Å². The molecule has 100 valence electrons. The van der Waals surface area contributed by atoms with Gasteiger partial charge in [0.25, 0.3) is 0 Å². The summed E-state index contributed by atoms with van der Waals surface area (Å²) >= 11 is 3.25. The Balaban J connectivity index is 2.47. The minimum atomic E-state index is -0.310. The zero-order valence-corrected chi connectivity index (χ0v) is 12.2. The number of halogens is 1. The SMILES string of the molecule is CCC(Br)C(=O)N(C)CC(=O)Nc1cc(C)on1. The van der Waals surface area contributed by atoms with Gasteiger partial charge in [0.2, 0.25) is 11.8 Å². The summed E-state index contributed by atoms with van der Waals surface area (Å²) in [7, 11) is 1.58. The molecule has 1 atom stereocenters. The van der Waals surface area contributed by atoms with Crippen LogP contribution in [0.3, 0.4) is 0 Å². The molecule has 0 saturated heterocycles. The van der Waals surface area contributed by atoms with Crippen molar-refractivity contribution >= 4 is 33.6 Å². The van der Waals surface area contributed by atoms with E-state index in [1.807, 2.05) is 6.92 Å². The zero-order valence-electron chi connectivity index (χ0n) is 10.6. The number of carbonyl (C=O) groups excluding carboxylic acids is 2. The molecule has 2 amide bonds. The van der Waals surface area contributed by atoms with Gasteiger partial charge in [-0.15, -0.1) is 0 Å². The molecule has 1 N–H and O–H groups in total. The second kappa shape index (κ2) is 6.53. The normalized spacial score (nSPS) is 12.0. The largest absolute Gasteiger partial charge is 0.360 e. The predicted molar refractivity (Wildman–Crippen MR) is 70.5 cm³/mol. The third-order valence-corrected chi connectivity index (χ3v) is 3.32. The average molecular weight is 318 g/mol. The molecule has 0 saturated carbocycles. The van der Waals surface area contributed by atoms with Crippen LogP contribution >= 0.6 is 15.9 Å². The van der Waals surface area contributed by atoms with Gasteiger partial charge < -0.3 is 14.7 Å². The summed E-state index contributed by atoms with van der Waals surface area (Å²) in [6, 6.07) is 1.61. The maximum absolute atomic E-state index is 11.7. The molecule has 0 aliphatic carbocycles. The van der Waals surface area contributed by atoms with Crippen molar-refractivity contribution in [2.24, 2.45) is 0 Å². The van der Waals surface area contributed by atoms with Crippen LogP contribution in [0, 0.1) is 6.92 Å². The van der Waals surface area contributed by atoms with Crippen LogP contribution in [0.1, 0.15) is 19.1 Å². The minimum Gasteiger partial charge on any atom is -0.360 e. The fourth-order valence-corrected chi connectivity index (χ4v) is 1.66. The summed E-state index contributed by atoms with van der Waals surface area (Å²) in [4.78, 5) is 24.5. The Kier molecular flexibility index (Phi) is 5.33. The van der Waals surface area contributed by atoms with Gasteiger partial charge in [-0.1, -0.05) is 28.0 Å². The number of hydrogen-bond donors (Lipinski definition) is 1. The number of nitrogens with one attached hydrogen (secondary N) is 1. The van der Waals surface area contributed by atoms with E-state index in [9.17, 15) is 9.59 Å². The van der Waals surface area contributed by atoms with E-state index in [2.05, 4.69) is 26.4 Å². The molecule has 0 radical (unpaired) electrons. The Hall–Kier alpha value is -1.37. The molecule has 1 unspecified atom stereocenters. The first-order valence-electron chi connectivity index (χ1n) is 5.56. The molecule has 6 nitrogen and oxygen atoms in total. The third kappa shape index (κ3) is 4.14. The van der Waals surface area contributed by atoms with Crippen molar-refractivity contribution in [3.05, 3.63) is 11.8 Å². The number of carbonyl (C=O) groups is 2. The Labute approximate surface area is 114 Å². The van der Waals surface area contributed by atoms with Gasteiger partial charge in [0.15, 0.2) is 5.82 Å². The van der Waals surface area contributed by atoms with Crippen LogP contribution in [-0.2, 0) is 9.59 Å². The predicted octanol–water partition coefficient (Wildman–Crippen LogP) is 1.55. The van der Waals surface area contributed by atoms with Gasteiger partial charge in [-0.2, -0.15) is 0 Å². The average Bonchev–Trinajstić information content (AvgIpc) is 2.72. The Morgan fingerprint density at radius 3 is 2.78 bits per heavy atom. The second-order valence-electron chi connectivity index (χ2n) is 3.94. The van der Waals surface area contributed by atoms with E-state index in [4.69, 9.17) is 4.52 Å². The lowest BCUT2D eigenvalue weighted by atomic mass is 10.3. The maximum atomic E-state index is 11.7. The molecule has 7 heteroatoms. The molecule has 0 aliphatic heterocycles. The van der Waals surface area contributed by atoms with Crippen LogP contribution in [0.5, 0.6) is 0 Å². The Bertz CT molecular complexity index is 433. The molecule has 0 aliphatic rings. The van der Waals surface area contributed by atoms with E-state index in [0.717, 1.165) is 0 Å². The number of nitrogens with zero attached hydrogens (tertiary/aromatic N) is 2. The Morgan fingerprint density at radius 2 is 2.28 bits per heavy atom. The summed E-state index contributed by atoms with van der Waals surface area (Å²) in [5.74, 6) is 0.532. The summed E-state index contributed by atoms with van der Waals surface area (Å²) in [5.41, 5.74) is 0.